The molecule has 2 aliphatic rings. The average Bonchev–Trinajstić information content (AvgIpc) is 3.33. The number of hydrogen-bond acceptors (Lipinski definition) is 3. The lowest BCUT2D eigenvalue weighted by atomic mass is 10.2. The van der Waals surface area contributed by atoms with Crippen molar-refractivity contribution in [3.05, 3.63) is 29.8 Å². The molecule has 3 rings (SSSR count). The van der Waals surface area contributed by atoms with Crippen molar-refractivity contribution < 1.29 is 13.2 Å². The van der Waals surface area contributed by atoms with Crippen LogP contribution in [-0.2, 0) is 10.0 Å². The quantitative estimate of drug-likeness (QED) is 0.923. The lowest BCUT2D eigenvalue weighted by Gasteiger charge is -2.20. The third-order valence-corrected chi connectivity index (χ3v) is 6.11. The zero-order valence-corrected chi connectivity index (χ0v) is 13.4. The second kappa shape index (κ2) is 6.38. The number of nitrogens with one attached hydrogen (secondary N) is 1. The standard InChI is InChI=1S/C16H22N2O3S/c19-16(17-14-8-9-14)13-6-5-7-15(12-13)22(20,21)18-10-3-1-2-4-11-18/h5-7,12,14H,1-4,8-11H2,(H,17,19). The van der Waals surface area contributed by atoms with E-state index in [0.29, 0.717) is 18.7 Å². The zero-order chi connectivity index (χ0) is 15.6. The molecule has 120 valence electrons. The fourth-order valence-electron chi connectivity index (χ4n) is 2.73. The van der Waals surface area contributed by atoms with Crippen LogP contribution in [0.1, 0.15) is 48.9 Å². The molecule has 0 aromatic heterocycles. The van der Waals surface area contributed by atoms with Crippen molar-refractivity contribution in [3.8, 4) is 0 Å². The highest BCUT2D eigenvalue weighted by Crippen LogP contribution is 2.22. The van der Waals surface area contributed by atoms with Gasteiger partial charge < -0.3 is 5.32 Å². The molecular formula is C16H22N2O3S. The maximum atomic E-state index is 12.7. The number of carbonyl (C=O) groups excluding carboxylic acids is 1. The molecule has 1 N–H and O–H groups in total. The van der Waals surface area contributed by atoms with Gasteiger partial charge >= 0.3 is 0 Å². The second-order valence-corrected chi connectivity index (χ2v) is 8.03. The number of rotatable bonds is 4. The highest BCUT2D eigenvalue weighted by molar-refractivity contribution is 7.89. The predicted molar refractivity (Wildman–Crippen MR) is 84.2 cm³/mol. The van der Waals surface area contributed by atoms with E-state index >= 15 is 0 Å². The summed E-state index contributed by atoms with van der Waals surface area (Å²) in [4.78, 5) is 12.3. The Balaban J connectivity index is 1.81. The molecule has 0 spiro atoms. The summed E-state index contributed by atoms with van der Waals surface area (Å²) in [5.41, 5.74) is 0.419. The Bertz CT molecular complexity index is 645. The van der Waals surface area contributed by atoms with Gasteiger partial charge in [0.15, 0.2) is 0 Å². The summed E-state index contributed by atoms with van der Waals surface area (Å²) in [5, 5.41) is 2.89. The van der Waals surface area contributed by atoms with E-state index in [-0.39, 0.29) is 16.8 Å². The molecular weight excluding hydrogens is 300 g/mol. The summed E-state index contributed by atoms with van der Waals surface area (Å²) in [6, 6.07) is 6.65. The monoisotopic (exact) mass is 322 g/mol. The Morgan fingerprint density at radius 3 is 2.41 bits per heavy atom. The molecule has 1 aromatic carbocycles. The smallest absolute Gasteiger partial charge is 0.251 e. The number of sulfonamides is 1. The average molecular weight is 322 g/mol. The fraction of sp³-hybridized carbons (Fsp3) is 0.562. The van der Waals surface area contributed by atoms with Crippen LogP contribution >= 0.6 is 0 Å². The Hall–Kier alpha value is -1.40. The first kappa shape index (κ1) is 15.5. The normalized spacial score (nSPS) is 20.4. The van der Waals surface area contributed by atoms with Crippen LogP contribution in [0.15, 0.2) is 29.2 Å². The van der Waals surface area contributed by atoms with Gasteiger partial charge in [0, 0.05) is 24.7 Å². The fourth-order valence-corrected chi connectivity index (χ4v) is 4.29. The molecule has 0 bridgehead atoms. The molecule has 1 amide bonds. The van der Waals surface area contributed by atoms with Crippen LogP contribution in [-0.4, -0.2) is 37.8 Å². The van der Waals surface area contributed by atoms with Crippen molar-refractivity contribution in [2.45, 2.75) is 49.5 Å². The van der Waals surface area contributed by atoms with Gasteiger partial charge in [-0.2, -0.15) is 4.31 Å². The molecule has 1 saturated heterocycles. The van der Waals surface area contributed by atoms with Crippen LogP contribution in [0.5, 0.6) is 0 Å². The molecule has 1 heterocycles. The molecule has 1 aromatic rings. The third kappa shape index (κ3) is 3.50. The highest BCUT2D eigenvalue weighted by atomic mass is 32.2. The zero-order valence-electron chi connectivity index (χ0n) is 12.6. The van der Waals surface area contributed by atoms with Crippen molar-refractivity contribution in [2.24, 2.45) is 0 Å². The Labute approximate surface area is 131 Å². The number of amides is 1. The summed E-state index contributed by atoms with van der Waals surface area (Å²) in [7, 11) is -3.50. The first-order valence-electron chi connectivity index (χ1n) is 7.98. The topological polar surface area (TPSA) is 66.5 Å². The van der Waals surface area contributed by atoms with Crippen LogP contribution in [0.2, 0.25) is 0 Å². The number of carbonyl (C=O) groups is 1. The minimum atomic E-state index is -3.50. The SMILES string of the molecule is O=C(NC1CC1)c1cccc(S(=O)(=O)N2CCCCCC2)c1. The van der Waals surface area contributed by atoms with Gasteiger partial charge in [0.2, 0.25) is 10.0 Å². The van der Waals surface area contributed by atoms with E-state index in [2.05, 4.69) is 5.32 Å². The van der Waals surface area contributed by atoms with E-state index in [1.54, 1.807) is 22.5 Å². The predicted octanol–water partition coefficient (Wildman–Crippen LogP) is 2.14. The number of hydrogen-bond donors (Lipinski definition) is 1. The van der Waals surface area contributed by atoms with Crippen LogP contribution < -0.4 is 5.32 Å². The van der Waals surface area contributed by atoms with Crippen molar-refractivity contribution in [1.82, 2.24) is 9.62 Å². The summed E-state index contributed by atoms with van der Waals surface area (Å²) >= 11 is 0. The Kier molecular flexibility index (Phi) is 4.49. The van der Waals surface area contributed by atoms with E-state index in [1.165, 1.54) is 6.07 Å². The Morgan fingerprint density at radius 1 is 1.09 bits per heavy atom. The van der Waals surface area contributed by atoms with Crippen LogP contribution in [0.3, 0.4) is 0 Å². The van der Waals surface area contributed by atoms with Crippen LogP contribution in [0, 0.1) is 0 Å². The van der Waals surface area contributed by atoms with Gasteiger partial charge in [0.05, 0.1) is 4.90 Å². The first-order valence-corrected chi connectivity index (χ1v) is 9.42. The summed E-state index contributed by atoms with van der Waals surface area (Å²) in [6.45, 7) is 1.14. The van der Waals surface area contributed by atoms with Gasteiger partial charge in [-0.15, -0.1) is 0 Å². The van der Waals surface area contributed by atoms with Gasteiger partial charge in [-0.25, -0.2) is 8.42 Å². The first-order chi connectivity index (χ1) is 10.6. The molecule has 0 radical (unpaired) electrons. The van der Waals surface area contributed by atoms with E-state index in [1.807, 2.05) is 0 Å². The van der Waals surface area contributed by atoms with Crippen LogP contribution in [0.4, 0.5) is 0 Å². The number of benzene rings is 1. The summed E-state index contributed by atoms with van der Waals surface area (Å²) in [6.07, 6.45) is 5.99. The van der Waals surface area contributed by atoms with Crippen molar-refractivity contribution >= 4 is 15.9 Å². The molecule has 0 atom stereocenters. The van der Waals surface area contributed by atoms with Crippen molar-refractivity contribution in [3.63, 3.8) is 0 Å². The molecule has 1 aliphatic carbocycles. The minimum absolute atomic E-state index is 0.185. The van der Waals surface area contributed by atoms with Crippen LogP contribution in [0.25, 0.3) is 0 Å². The molecule has 5 nitrogen and oxygen atoms in total. The van der Waals surface area contributed by atoms with Gasteiger partial charge in [0.1, 0.15) is 0 Å². The molecule has 0 unspecified atom stereocenters. The van der Waals surface area contributed by atoms with Gasteiger partial charge in [-0.05, 0) is 43.9 Å². The van der Waals surface area contributed by atoms with E-state index in [9.17, 15) is 13.2 Å². The van der Waals surface area contributed by atoms with E-state index < -0.39 is 10.0 Å². The van der Waals surface area contributed by atoms with E-state index in [4.69, 9.17) is 0 Å². The highest BCUT2D eigenvalue weighted by Gasteiger charge is 2.27. The van der Waals surface area contributed by atoms with Crippen molar-refractivity contribution in [2.75, 3.05) is 13.1 Å². The van der Waals surface area contributed by atoms with Gasteiger partial charge in [-0.3, -0.25) is 4.79 Å². The molecule has 1 saturated carbocycles. The number of nitrogens with zero attached hydrogens (tertiary/aromatic N) is 1. The maximum absolute atomic E-state index is 12.7. The minimum Gasteiger partial charge on any atom is -0.349 e. The van der Waals surface area contributed by atoms with Gasteiger partial charge in [0.25, 0.3) is 5.91 Å². The van der Waals surface area contributed by atoms with Gasteiger partial charge in [-0.1, -0.05) is 18.9 Å². The lowest BCUT2D eigenvalue weighted by molar-refractivity contribution is 0.0951. The lowest BCUT2D eigenvalue weighted by Crippen LogP contribution is -2.32. The largest absolute Gasteiger partial charge is 0.349 e. The Morgan fingerprint density at radius 2 is 1.77 bits per heavy atom. The molecule has 2 fully saturated rings. The second-order valence-electron chi connectivity index (χ2n) is 6.09. The maximum Gasteiger partial charge on any atom is 0.251 e. The molecule has 22 heavy (non-hydrogen) atoms. The summed E-state index contributed by atoms with van der Waals surface area (Å²) < 4.78 is 27.0. The third-order valence-electron chi connectivity index (χ3n) is 4.21. The van der Waals surface area contributed by atoms with E-state index in [0.717, 1.165) is 38.5 Å². The van der Waals surface area contributed by atoms with Crippen molar-refractivity contribution in [1.29, 1.82) is 0 Å². The summed E-state index contributed by atoms with van der Waals surface area (Å²) in [5.74, 6) is -0.185. The molecule has 6 heteroatoms. The molecule has 1 aliphatic heterocycles.